The predicted molar refractivity (Wildman–Crippen MR) is 289 cm³/mol. The summed E-state index contributed by atoms with van der Waals surface area (Å²) >= 11 is 0. The Hall–Kier alpha value is -7.61. The zero-order valence-corrected chi connectivity index (χ0v) is 44.3. The van der Waals surface area contributed by atoms with E-state index in [1.54, 1.807) is 36.5 Å². The maximum Gasteiger partial charge on any atom is 0.244 e. The summed E-state index contributed by atoms with van der Waals surface area (Å²) in [5.74, 6) is -6.85. The van der Waals surface area contributed by atoms with E-state index < -0.39 is 95.5 Å². The molecule has 76 heavy (non-hydrogen) atoms. The Labute approximate surface area is 447 Å². The number of aromatic nitrogens is 3. The summed E-state index contributed by atoms with van der Waals surface area (Å²) in [5, 5.41) is 33.0. The van der Waals surface area contributed by atoms with Gasteiger partial charge in [0, 0.05) is 80.5 Å². The Balaban J connectivity index is 1.53. The van der Waals surface area contributed by atoms with Crippen LogP contribution >= 0.6 is 21.6 Å². The van der Waals surface area contributed by atoms with E-state index in [-0.39, 0.29) is 87.8 Å². The van der Waals surface area contributed by atoms with Crippen LogP contribution in [0, 0.1) is 11.3 Å². The van der Waals surface area contributed by atoms with Crippen molar-refractivity contribution in [3.63, 3.8) is 0 Å². The van der Waals surface area contributed by atoms with Crippen LogP contribution in [-0.4, -0.2) is 141 Å². The van der Waals surface area contributed by atoms with Crippen LogP contribution in [0.2, 0.25) is 0 Å². The number of para-hydroxylation sites is 1. The number of carbonyl (C=O) groups is 9. The smallest absolute Gasteiger partial charge is 0.244 e. The van der Waals surface area contributed by atoms with Gasteiger partial charge in [0.1, 0.15) is 42.3 Å². The molecule has 0 saturated carbocycles. The van der Waals surface area contributed by atoms with Gasteiger partial charge in [-0.15, -0.1) is 0 Å². The SMILES string of the molecule is CC(=O)N[C@@H](CC(C)C)C(=O)N[C@H]1CSSC[C@@H](C(N)=O)NC(=O)CCCNC(=O)[C@H](Cc2c[nH]c3ccccc23)NC(=O)[C@H](CCCNC(=N)N)NC(=O)[C@@H](Cc2ccccc2)NC(=O)[C@H](Cc2c[nH]cn2)NC1=O. The van der Waals surface area contributed by atoms with Gasteiger partial charge in [-0.3, -0.25) is 48.6 Å². The molecule has 26 heteroatoms. The number of fused-ring (bicyclic) bond motifs is 1. The van der Waals surface area contributed by atoms with Gasteiger partial charge in [0.2, 0.25) is 53.2 Å². The zero-order chi connectivity index (χ0) is 55.1. The number of imidazole rings is 1. The first-order valence-corrected chi connectivity index (χ1v) is 27.4. The second-order valence-electron chi connectivity index (χ2n) is 18.7. The van der Waals surface area contributed by atoms with Crippen LogP contribution in [0.15, 0.2) is 73.3 Å². The van der Waals surface area contributed by atoms with Gasteiger partial charge in [-0.25, -0.2) is 4.98 Å². The first-order chi connectivity index (χ1) is 36.4. The van der Waals surface area contributed by atoms with Gasteiger partial charge in [0.25, 0.3) is 0 Å². The number of nitrogens with two attached hydrogens (primary N) is 2. The number of hydrogen-bond acceptors (Lipinski definition) is 13. The van der Waals surface area contributed by atoms with Gasteiger partial charge >= 0.3 is 0 Å². The lowest BCUT2D eigenvalue weighted by Crippen LogP contribution is -2.61. The normalized spacial score (nSPS) is 21.5. The minimum Gasteiger partial charge on any atom is -0.370 e. The number of nitrogens with one attached hydrogen (secondary N) is 12. The summed E-state index contributed by atoms with van der Waals surface area (Å²) in [7, 11) is 2.15. The van der Waals surface area contributed by atoms with Crippen molar-refractivity contribution in [2.24, 2.45) is 17.4 Å². The van der Waals surface area contributed by atoms with E-state index >= 15 is 0 Å². The quantitative estimate of drug-likeness (QED) is 0.0289. The molecule has 3 heterocycles. The highest BCUT2D eigenvalue weighted by molar-refractivity contribution is 8.76. The van der Waals surface area contributed by atoms with Gasteiger partial charge in [-0.05, 0) is 48.8 Å². The molecule has 410 valence electrons. The lowest BCUT2D eigenvalue weighted by atomic mass is 10.0. The molecule has 0 unspecified atom stereocenters. The summed E-state index contributed by atoms with van der Waals surface area (Å²) in [5.41, 5.74) is 13.7. The van der Waals surface area contributed by atoms with Crippen LogP contribution in [0.4, 0.5) is 0 Å². The van der Waals surface area contributed by atoms with E-state index in [9.17, 15) is 43.2 Å². The summed E-state index contributed by atoms with van der Waals surface area (Å²) in [6.45, 7) is 5.11. The number of hydrogen-bond donors (Lipinski definition) is 14. The Morgan fingerprint density at radius 1 is 0.776 bits per heavy atom. The molecule has 2 aromatic carbocycles. The number of primary amides is 1. The Morgan fingerprint density at radius 3 is 2.09 bits per heavy atom. The second kappa shape index (κ2) is 30.1. The molecule has 24 nitrogen and oxygen atoms in total. The summed E-state index contributed by atoms with van der Waals surface area (Å²) in [4.78, 5) is 135. The molecule has 2 aromatic heterocycles. The molecule has 0 spiro atoms. The van der Waals surface area contributed by atoms with Gasteiger partial charge in [-0.2, -0.15) is 0 Å². The van der Waals surface area contributed by atoms with E-state index in [2.05, 4.69) is 62.8 Å². The molecule has 0 aliphatic carbocycles. The number of benzene rings is 2. The average molecular weight is 1090 g/mol. The Bertz CT molecular complexity index is 2640. The molecular weight excluding hydrogens is 1020 g/mol. The van der Waals surface area contributed by atoms with Crippen LogP contribution in [-0.2, 0) is 62.4 Å². The molecule has 5 rings (SSSR count). The highest BCUT2D eigenvalue weighted by Crippen LogP contribution is 2.24. The van der Waals surface area contributed by atoms with Crippen LogP contribution < -0.4 is 59.3 Å². The van der Waals surface area contributed by atoms with E-state index in [4.69, 9.17) is 16.9 Å². The third-order valence-corrected chi connectivity index (χ3v) is 14.4. The number of H-pyrrole nitrogens is 2. The number of carbonyl (C=O) groups excluding carboxylic acids is 9. The van der Waals surface area contributed by atoms with Crippen LogP contribution in [0.25, 0.3) is 10.9 Å². The van der Waals surface area contributed by atoms with Crippen molar-refractivity contribution in [1.29, 1.82) is 5.41 Å². The third kappa shape index (κ3) is 19.6. The van der Waals surface area contributed by atoms with Crippen molar-refractivity contribution in [2.75, 3.05) is 24.6 Å². The predicted octanol–water partition coefficient (Wildman–Crippen LogP) is -0.582. The standard InChI is InChI=1S/C50H69N15O9S2/c1-28(2)19-36(59-29(3)66)46(71)65-41-26-76-75-25-40(43(51)68)60-42(67)16-10-17-55-44(69)38(21-31-23-57-34-14-8-7-13-33(31)34)63-45(70)35(15-9-18-56-50(52)53)61-47(72)37(20-30-11-5-4-6-12-30)62-48(73)39(64-49(41)74)22-32-24-54-27-58-32/h4-8,11-14,23-24,27-28,35-41,57H,9-10,15-22,25-26H2,1-3H3,(H2,51,68)(H,54,58)(H,55,69)(H,59,66)(H,60,67)(H,61,72)(H,62,73)(H,63,70)(H,64,74)(H,65,71)(H4,52,53,56)/t35-,36-,37+,38-,39-,40-,41-/m0/s1. The minimum absolute atomic E-state index is 0.00757. The lowest BCUT2D eigenvalue weighted by Gasteiger charge is -2.28. The van der Waals surface area contributed by atoms with E-state index in [0.717, 1.165) is 32.5 Å². The van der Waals surface area contributed by atoms with Crippen molar-refractivity contribution in [3.05, 3.63) is 90.1 Å². The van der Waals surface area contributed by atoms with E-state index in [1.165, 1.54) is 19.4 Å². The fourth-order valence-corrected chi connectivity index (χ4v) is 10.5. The molecule has 4 aromatic rings. The minimum atomic E-state index is -1.43. The molecule has 16 N–H and O–H groups in total. The highest BCUT2D eigenvalue weighted by Gasteiger charge is 2.35. The van der Waals surface area contributed by atoms with Crippen LogP contribution in [0.3, 0.4) is 0 Å². The maximum absolute atomic E-state index is 14.7. The van der Waals surface area contributed by atoms with Crippen LogP contribution in [0.1, 0.15) is 69.7 Å². The molecule has 0 radical (unpaired) electrons. The summed E-state index contributed by atoms with van der Waals surface area (Å²) in [6.07, 6.45) is 4.78. The van der Waals surface area contributed by atoms with Crippen LogP contribution in [0.5, 0.6) is 0 Å². The lowest BCUT2D eigenvalue weighted by molar-refractivity contribution is -0.135. The maximum atomic E-state index is 14.7. The Kier molecular flexibility index (Phi) is 23.4. The monoisotopic (exact) mass is 1090 g/mol. The molecule has 7 atom stereocenters. The van der Waals surface area contributed by atoms with Gasteiger partial charge in [-0.1, -0.05) is 84.0 Å². The van der Waals surface area contributed by atoms with Gasteiger partial charge < -0.3 is 69.3 Å². The van der Waals surface area contributed by atoms with Crippen molar-refractivity contribution >= 4 is 91.6 Å². The average Bonchev–Trinajstić information content (AvgIpc) is 4.05. The van der Waals surface area contributed by atoms with E-state index in [1.807, 2.05) is 38.1 Å². The highest BCUT2D eigenvalue weighted by atomic mass is 33.1. The summed E-state index contributed by atoms with van der Waals surface area (Å²) < 4.78 is 0. The first-order valence-electron chi connectivity index (χ1n) is 24.9. The molecule has 9 amide bonds. The molecule has 0 bridgehead atoms. The molecule has 1 aliphatic heterocycles. The number of nitrogens with zero attached hydrogens (tertiary/aromatic N) is 1. The zero-order valence-electron chi connectivity index (χ0n) is 42.6. The largest absolute Gasteiger partial charge is 0.370 e. The molecular formula is C50H69N15O9S2. The first kappa shape index (κ1) is 59.3. The van der Waals surface area contributed by atoms with Crippen molar-refractivity contribution in [1.82, 2.24) is 62.8 Å². The Morgan fingerprint density at radius 2 is 1.42 bits per heavy atom. The fourth-order valence-electron chi connectivity index (χ4n) is 8.18. The van der Waals surface area contributed by atoms with Gasteiger partial charge in [0.15, 0.2) is 5.96 Å². The second-order valence-corrected chi connectivity index (χ2v) is 21.2. The van der Waals surface area contributed by atoms with Crippen molar-refractivity contribution in [2.45, 2.75) is 114 Å². The number of amides is 9. The number of aromatic amines is 2. The van der Waals surface area contributed by atoms with Crippen molar-refractivity contribution in [3.8, 4) is 0 Å². The van der Waals surface area contributed by atoms with E-state index in [0.29, 0.717) is 16.8 Å². The number of guanidine groups is 1. The van der Waals surface area contributed by atoms with Crippen molar-refractivity contribution < 1.29 is 43.2 Å². The summed E-state index contributed by atoms with van der Waals surface area (Å²) in [6, 6.07) is 7.32. The number of rotatable bonds is 16. The third-order valence-electron chi connectivity index (χ3n) is 12.0. The fraction of sp³-hybridized carbons (Fsp3) is 0.460. The topological polar surface area (TPSA) is 382 Å². The molecule has 1 aliphatic rings. The van der Waals surface area contributed by atoms with Gasteiger partial charge in [0.05, 0.1) is 12.0 Å². The molecule has 1 fully saturated rings. The molecule has 1 saturated heterocycles.